The number of benzene rings is 1. The van der Waals surface area contributed by atoms with Gasteiger partial charge in [0, 0.05) is 5.16 Å². The van der Waals surface area contributed by atoms with E-state index >= 15 is 0 Å². The maximum Gasteiger partial charge on any atom is 0.180 e. The fourth-order valence-corrected chi connectivity index (χ4v) is 3.51. The van der Waals surface area contributed by atoms with Gasteiger partial charge in [0.2, 0.25) is 0 Å². The van der Waals surface area contributed by atoms with Gasteiger partial charge in [0.1, 0.15) is 11.3 Å². The van der Waals surface area contributed by atoms with Crippen LogP contribution in [0.25, 0.3) is 0 Å². The van der Waals surface area contributed by atoms with Crippen LogP contribution >= 0.6 is 9.24 Å². The molecule has 1 aromatic carbocycles. The van der Waals surface area contributed by atoms with Crippen molar-refractivity contribution in [3.8, 4) is 17.2 Å². The molecule has 1 aliphatic rings. The van der Waals surface area contributed by atoms with Crippen molar-refractivity contribution in [3.63, 3.8) is 0 Å². The second kappa shape index (κ2) is 6.65. The topological polar surface area (TPSA) is 44.8 Å². The molecule has 0 bridgehead atoms. The molecular formula is C16H23O4P. The highest BCUT2D eigenvalue weighted by Crippen LogP contribution is 2.45. The summed E-state index contributed by atoms with van der Waals surface area (Å²) < 4.78 is 16.1. The number of methoxy groups -OCH3 is 3. The van der Waals surface area contributed by atoms with Gasteiger partial charge in [-0.2, -0.15) is 0 Å². The van der Waals surface area contributed by atoms with Crippen LogP contribution in [0.2, 0.25) is 0 Å². The lowest BCUT2D eigenvalue weighted by Crippen LogP contribution is -2.34. The number of ketones is 1. The number of carbonyl (C=O) groups is 1. The summed E-state index contributed by atoms with van der Waals surface area (Å²) in [6.45, 7) is 0. The largest absolute Gasteiger partial charge is 0.496 e. The van der Waals surface area contributed by atoms with E-state index in [2.05, 4.69) is 9.24 Å². The SMILES string of the molecule is COc1ccc(OC)c(C(=O)C2(P)CCCCC2)c1OC. The molecule has 1 atom stereocenters. The standard InChI is InChI=1S/C16H23O4P/c1-18-11-7-8-12(19-2)14(20-3)13(11)15(17)16(21)9-5-4-6-10-16/h7-8H,4-6,9-10,21H2,1-3H3. The summed E-state index contributed by atoms with van der Waals surface area (Å²) in [5, 5.41) is -0.425. The van der Waals surface area contributed by atoms with Crippen LogP contribution in [0.5, 0.6) is 17.2 Å². The van der Waals surface area contributed by atoms with Gasteiger partial charge in [0.15, 0.2) is 17.3 Å². The maximum absolute atomic E-state index is 13.1. The number of carbonyl (C=O) groups excluding carboxylic acids is 1. The summed E-state index contributed by atoms with van der Waals surface area (Å²) in [5.41, 5.74) is 0.483. The molecule has 2 rings (SSSR count). The van der Waals surface area contributed by atoms with Gasteiger partial charge < -0.3 is 14.2 Å². The molecule has 1 fully saturated rings. The van der Waals surface area contributed by atoms with Crippen molar-refractivity contribution >= 4 is 15.0 Å². The van der Waals surface area contributed by atoms with Gasteiger partial charge in [-0.05, 0) is 25.0 Å². The Balaban J connectivity index is 2.52. The Hall–Kier alpha value is -1.28. The normalized spacial score (nSPS) is 17.1. The number of hydrogen-bond donors (Lipinski definition) is 0. The van der Waals surface area contributed by atoms with Crippen molar-refractivity contribution in [1.82, 2.24) is 0 Å². The zero-order valence-corrected chi connectivity index (χ0v) is 14.1. The lowest BCUT2D eigenvalue weighted by Gasteiger charge is -2.32. The molecule has 4 nitrogen and oxygen atoms in total. The van der Waals surface area contributed by atoms with Crippen LogP contribution in [0.15, 0.2) is 12.1 Å². The van der Waals surface area contributed by atoms with Crippen LogP contribution < -0.4 is 14.2 Å². The van der Waals surface area contributed by atoms with Gasteiger partial charge in [0.05, 0.1) is 21.3 Å². The average molecular weight is 310 g/mol. The number of rotatable bonds is 5. The summed E-state index contributed by atoms with van der Waals surface area (Å²) in [4.78, 5) is 13.1. The van der Waals surface area contributed by atoms with Crippen LogP contribution in [0, 0.1) is 0 Å². The summed E-state index contributed by atoms with van der Waals surface area (Å²) >= 11 is 0. The third kappa shape index (κ3) is 3.01. The fraction of sp³-hybridized carbons (Fsp3) is 0.562. The quantitative estimate of drug-likeness (QED) is 0.617. The van der Waals surface area contributed by atoms with Crippen molar-refractivity contribution in [2.24, 2.45) is 0 Å². The molecule has 5 heteroatoms. The molecule has 21 heavy (non-hydrogen) atoms. The number of Topliss-reactive ketones (excluding diaryl/α,β-unsaturated/α-hetero) is 1. The molecule has 1 unspecified atom stereocenters. The van der Waals surface area contributed by atoms with E-state index in [1.165, 1.54) is 6.42 Å². The molecule has 0 aromatic heterocycles. The highest BCUT2D eigenvalue weighted by Gasteiger charge is 2.39. The Morgan fingerprint density at radius 1 is 1.00 bits per heavy atom. The molecule has 1 aromatic rings. The minimum Gasteiger partial charge on any atom is -0.496 e. The van der Waals surface area contributed by atoms with E-state index in [1.54, 1.807) is 33.5 Å². The van der Waals surface area contributed by atoms with Crippen molar-refractivity contribution in [2.45, 2.75) is 37.3 Å². The Bertz CT molecular complexity index is 521. The van der Waals surface area contributed by atoms with Gasteiger partial charge in [-0.15, -0.1) is 9.24 Å². The first-order valence-corrected chi connectivity index (χ1v) is 7.78. The highest BCUT2D eigenvalue weighted by molar-refractivity contribution is 7.21. The summed E-state index contributed by atoms with van der Waals surface area (Å²) in [7, 11) is 7.44. The Morgan fingerprint density at radius 3 is 2.10 bits per heavy atom. The Morgan fingerprint density at radius 2 is 1.57 bits per heavy atom. The minimum atomic E-state index is -0.425. The molecule has 0 spiro atoms. The van der Waals surface area contributed by atoms with E-state index in [-0.39, 0.29) is 5.78 Å². The van der Waals surface area contributed by atoms with Crippen LogP contribution in [0.1, 0.15) is 42.5 Å². The van der Waals surface area contributed by atoms with Crippen molar-refractivity contribution in [1.29, 1.82) is 0 Å². The lowest BCUT2D eigenvalue weighted by atomic mass is 9.82. The monoisotopic (exact) mass is 310 g/mol. The molecule has 0 heterocycles. The van der Waals surface area contributed by atoms with Gasteiger partial charge in [-0.1, -0.05) is 19.3 Å². The van der Waals surface area contributed by atoms with Crippen molar-refractivity contribution in [3.05, 3.63) is 17.7 Å². The van der Waals surface area contributed by atoms with Crippen LogP contribution in [0.3, 0.4) is 0 Å². The second-order valence-electron chi connectivity index (χ2n) is 5.42. The summed E-state index contributed by atoms with van der Waals surface area (Å²) in [6, 6.07) is 3.51. The predicted molar refractivity (Wildman–Crippen MR) is 86.0 cm³/mol. The Kier molecular flexibility index (Phi) is 5.10. The van der Waals surface area contributed by atoms with Crippen molar-refractivity contribution < 1.29 is 19.0 Å². The third-order valence-corrected chi connectivity index (χ3v) is 4.99. The molecule has 0 aliphatic heterocycles. The van der Waals surface area contributed by atoms with E-state index < -0.39 is 5.16 Å². The van der Waals surface area contributed by atoms with Crippen LogP contribution in [-0.2, 0) is 0 Å². The maximum atomic E-state index is 13.1. The van der Waals surface area contributed by atoms with Crippen LogP contribution in [0.4, 0.5) is 0 Å². The number of hydrogen-bond acceptors (Lipinski definition) is 4. The van der Waals surface area contributed by atoms with E-state index in [1.807, 2.05) is 0 Å². The minimum absolute atomic E-state index is 0.0554. The lowest BCUT2D eigenvalue weighted by molar-refractivity contribution is 0.0911. The summed E-state index contributed by atoms with van der Waals surface area (Å²) in [5.74, 6) is 1.59. The number of ether oxygens (including phenoxy) is 3. The first kappa shape index (κ1) is 16.1. The zero-order chi connectivity index (χ0) is 15.5. The van der Waals surface area contributed by atoms with Crippen molar-refractivity contribution in [2.75, 3.05) is 21.3 Å². The smallest absolute Gasteiger partial charge is 0.180 e. The second-order valence-corrected chi connectivity index (χ2v) is 6.53. The molecule has 116 valence electrons. The zero-order valence-electron chi connectivity index (χ0n) is 12.9. The molecule has 0 radical (unpaired) electrons. The van der Waals surface area contributed by atoms with E-state index in [0.29, 0.717) is 22.8 Å². The third-order valence-electron chi connectivity index (χ3n) is 4.15. The molecule has 1 aliphatic carbocycles. The van der Waals surface area contributed by atoms with Gasteiger partial charge in [0.25, 0.3) is 0 Å². The average Bonchev–Trinajstić information content (AvgIpc) is 2.53. The van der Waals surface area contributed by atoms with E-state index in [4.69, 9.17) is 14.2 Å². The van der Waals surface area contributed by atoms with E-state index in [9.17, 15) is 4.79 Å². The molecule has 1 saturated carbocycles. The van der Waals surface area contributed by atoms with Gasteiger partial charge in [-0.3, -0.25) is 4.79 Å². The molecule has 0 saturated heterocycles. The summed E-state index contributed by atoms with van der Waals surface area (Å²) in [6.07, 6.45) is 5.09. The predicted octanol–water partition coefficient (Wildman–Crippen LogP) is 3.47. The molecule has 0 N–H and O–H groups in total. The van der Waals surface area contributed by atoms with E-state index in [0.717, 1.165) is 25.7 Å². The van der Waals surface area contributed by atoms with Gasteiger partial charge >= 0.3 is 0 Å². The fourth-order valence-electron chi connectivity index (χ4n) is 2.95. The molecule has 0 amide bonds. The van der Waals surface area contributed by atoms with Crippen LogP contribution in [-0.4, -0.2) is 32.3 Å². The first-order chi connectivity index (χ1) is 10.1. The molecular weight excluding hydrogens is 287 g/mol. The highest BCUT2D eigenvalue weighted by atomic mass is 31.0. The Labute approximate surface area is 128 Å². The first-order valence-electron chi connectivity index (χ1n) is 7.20. The van der Waals surface area contributed by atoms with Gasteiger partial charge in [-0.25, -0.2) is 0 Å².